The van der Waals surface area contributed by atoms with Crippen LogP contribution in [0.5, 0.6) is 0 Å². The molecule has 35 heteroatoms. The van der Waals surface area contributed by atoms with Crippen LogP contribution in [0.3, 0.4) is 0 Å². The first kappa shape index (κ1) is 59.2. The van der Waals surface area contributed by atoms with Crippen molar-refractivity contribution in [1.29, 1.82) is 0 Å². The summed E-state index contributed by atoms with van der Waals surface area (Å²) in [5, 5.41) is 20.0. The van der Waals surface area contributed by atoms with Gasteiger partial charge in [0.2, 0.25) is 0 Å². The molecule has 10 N–H and O–H groups in total. The molecule has 1 fully saturated rings. The maximum atomic E-state index is 13.8. The smallest absolute Gasteiger partial charge is 0.461 e. The molecule has 5 rings (SSSR count). The second kappa shape index (κ2) is 27.2. The van der Waals surface area contributed by atoms with Gasteiger partial charge in [0.15, 0.2) is 17.7 Å². The van der Waals surface area contributed by atoms with E-state index in [-0.39, 0.29) is 60.5 Å². The fourth-order valence-corrected chi connectivity index (χ4v) is 10.0. The van der Waals surface area contributed by atoms with Gasteiger partial charge in [0, 0.05) is 35.0 Å². The van der Waals surface area contributed by atoms with Crippen molar-refractivity contribution in [3.8, 4) is 0 Å². The highest BCUT2D eigenvalue weighted by Gasteiger charge is 2.43. The van der Waals surface area contributed by atoms with Gasteiger partial charge in [0.25, 0.3) is 0 Å². The lowest BCUT2D eigenvalue weighted by Crippen LogP contribution is -2.45. The third kappa shape index (κ3) is 18.6. The Kier molecular flexibility index (Phi) is 21.8. The SMILES string of the molecule is CSS[C@@H](CC[C@H](NC(=O)OC(C)(C)C)C(=O)OC[C@@H](O)[C@@H](OCCOP(=O)(O)O[C@H]1C[C@H](n2ccc(N)nc2=O)O[C@@H]1COP(=O)(O)O)n1cnc2c(N)ncnc21)CNC(=O)OCc1ccccc1N=[N+]=[N-]. The van der Waals surface area contributed by atoms with E-state index in [1.165, 1.54) is 44.7 Å². The van der Waals surface area contributed by atoms with Gasteiger partial charge in [-0.1, -0.05) is 51.0 Å². The molecular formula is C39H55N13O18P2S2. The number of imidazole rings is 1. The van der Waals surface area contributed by atoms with Gasteiger partial charge in [-0.3, -0.25) is 22.7 Å². The summed E-state index contributed by atoms with van der Waals surface area (Å²) in [6.45, 7) is 1.83. The Balaban J connectivity index is 1.24. The highest BCUT2D eigenvalue weighted by Crippen LogP contribution is 2.49. The Hall–Kier alpha value is -5.63. The molecule has 31 nitrogen and oxygen atoms in total. The number of phosphoric acid groups is 2. The largest absolute Gasteiger partial charge is 0.472 e. The number of aliphatic hydroxyl groups excluding tert-OH is 1. The zero-order chi connectivity index (χ0) is 54.2. The highest BCUT2D eigenvalue weighted by atomic mass is 33.1. The average molecular weight is 1120 g/mol. The van der Waals surface area contributed by atoms with Gasteiger partial charge in [-0.2, -0.15) is 4.98 Å². The zero-order valence-electron chi connectivity index (χ0n) is 39.9. The number of alkyl carbamates (subject to hydrolysis) is 2. The first-order valence-corrected chi connectivity index (χ1v) is 27.6. The Morgan fingerprint density at radius 1 is 1.05 bits per heavy atom. The van der Waals surface area contributed by atoms with Crippen LogP contribution < -0.4 is 27.8 Å². The predicted molar refractivity (Wildman–Crippen MR) is 262 cm³/mol. The Bertz CT molecular complexity index is 2760. The Labute approximate surface area is 428 Å². The number of nitrogens with two attached hydrogens (primary N) is 2. The van der Waals surface area contributed by atoms with E-state index in [2.05, 4.69) is 45.1 Å². The van der Waals surface area contributed by atoms with Crippen LogP contribution in [0, 0.1) is 0 Å². The van der Waals surface area contributed by atoms with Crippen LogP contribution in [0.25, 0.3) is 21.6 Å². The van der Waals surface area contributed by atoms with Crippen molar-refractivity contribution >= 4 is 83.9 Å². The number of carbonyl (C=O) groups is 3. The van der Waals surface area contributed by atoms with Crippen LogP contribution in [-0.4, -0.2) is 141 Å². The number of aromatic nitrogens is 6. The van der Waals surface area contributed by atoms with Gasteiger partial charge < -0.3 is 65.6 Å². The van der Waals surface area contributed by atoms with Crippen molar-refractivity contribution in [3.05, 3.63) is 75.7 Å². The molecule has 3 aromatic heterocycles. The number of fused-ring (bicyclic) bond motifs is 1. The number of nitrogen functional groups attached to an aromatic ring is 2. The Morgan fingerprint density at radius 2 is 1.81 bits per heavy atom. The number of benzene rings is 1. The van der Waals surface area contributed by atoms with E-state index in [9.17, 15) is 48.1 Å². The lowest BCUT2D eigenvalue weighted by Gasteiger charge is -2.27. The molecule has 8 atom stereocenters. The van der Waals surface area contributed by atoms with E-state index in [1.807, 2.05) is 0 Å². The predicted octanol–water partition coefficient (Wildman–Crippen LogP) is 3.49. The average Bonchev–Trinajstić information content (AvgIpc) is 3.93. The molecule has 1 aliphatic rings. The molecule has 0 aliphatic carbocycles. The van der Waals surface area contributed by atoms with E-state index in [0.717, 1.165) is 10.9 Å². The van der Waals surface area contributed by atoms with Gasteiger partial charge in [-0.05, 0) is 57.0 Å². The molecular weight excluding hydrogens is 1060 g/mol. The van der Waals surface area contributed by atoms with Crippen molar-refractivity contribution < 1.29 is 80.6 Å². The van der Waals surface area contributed by atoms with Crippen molar-refractivity contribution in [2.75, 3.05) is 50.7 Å². The van der Waals surface area contributed by atoms with Gasteiger partial charge in [0.1, 0.15) is 67.1 Å². The zero-order valence-corrected chi connectivity index (χ0v) is 43.3. The number of nitrogens with zero attached hydrogens (tertiary/aromatic N) is 9. The number of aliphatic hydroxyl groups is 1. The van der Waals surface area contributed by atoms with Crippen LogP contribution in [-0.2, 0) is 57.8 Å². The van der Waals surface area contributed by atoms with E-state index >= 15 is 0 Å². The molecule has 1 saturated heterocycles. The summed E-state index contributed by atoms with van der Waals surface area (Å²) < 4.78 is 69.8. The summed E-state index contributed by atoms with van der Waals surface area (Å²) in [6, 6.07) is 6.48. The van der Waals surface area contributed by atoms with Gasteiger partial charge in [-0.15, -0.1) is 0 Å². The van der Waals surface area contributed by atoms with E-state index in [4.69, 9.17) is 49.7 Å². The summed E-state index contributed by atoms with van der Waals surface area (Å²) in [4.78, 5) is 99.9. The molecule has 4 heterocycles. The molecule has 0 bridgehead atoms. The molecule has 1 unspecified atom stereocenters. The van der Waals surface area contributed by atoms with Crippen LogP contribution in [0.4, 0.5) is 26.9 Å². The molecule has 4 aromatic rings. The number of phosphoric ester groups is 2. The molecule has 1 aromatic carbocycles. The van der Waals surface area contributed by atoms with E-state index in [0.29, 0.717) is 11.3 Å². The first-order valence-electron chi connectivity index (χ1n) is 21.9. The molecule has 0 radical (unpaired) electrons. The monoisotopic (exact) mass is 1120 g/mol. The summed E-state index contributed by atoms with van der Waals surface area (Å²) in [5.74, 6) is -1.15. The minimum Gasteiger partial charge on any atom is -0.461 e. The normalized spacial score (nSPS) is 18.3. The molecule has 0 spiro atoms. The number of amides is 2. The van der Waals surface area contributed by atoms with Crippen molar-refractivity contribution in [2.24, 2.45) is 5.11 Å². The van der Waals surface area contributed by atoms with E-state index < -0.39 is 108 Å². The van der Waals surface area contributed by atoms with Crippen molar-refractivity contribution in [3.63, 3.8) is 0 Å². The number of azide groups is 1. The van der Waals surface area contributed by atoms with Gasteiger partial charge in [-0.25, -0.2) is 43.3 Å². The van der Waals surface area contributed by atoms with Crippen LogP contribution in [0.2, 0.25) is 0 Å². The maximum absolute atomic E-state index is 13.8. The summed E-state index contributed by atoms with van der Waals surface area (Å²) in [5.41, 5.74) is 19.5. The molecule has 406 valence electrons. The third-order valence-electron chi connectivity index (χ3n) is 9.99. The summed E-state index contributed by atoms with van der Waals surface area (Å²) >= 11 is 0. The van der Waals surface area contributed by atoms with E-state index in [1.54, 1.807) is 51.3 Å². The van der Waals surface area contributed by atoms with Crippen molar-refractivity contribution in [2.45, 2.75) is 94.3 Å². The van der Waals surface area contributed by atoms with Crippen LogP contribution >= 0.6 is 37.2 Å². The second-order valence-electron chi connectivity index (χ2n) is 16.6. The first-order chi connectivity index (χ1) is 35.0. The number of anilines is 2. The molecule has 1 aliphatic heterocycles. The topological polar surface area (TPSA) is 443 Å². The number of carbonyl (C=O) groups excluding carboxylic acids is 3. The number of ether oxygens (including phenoxy) is 5. The number of esters is 1. The minimum absolute atomic E-state index is 0.0376. The fraction of sp³-hybridized carbons (Fsp3) is 0.538. The lowest BCUT2D eigenvalue weighted by atomic mass is 10.1. The standard InChI is InChI=1S/C39H55N13O18P2S2/c1-39(2,3)69-38(57)47-25(10-9-23(74-73-4)16-43-37(56)65-17-22-7-5-6-8-24(22)49-50-42)35(54)64-18-26(53)34(52-21-46-31-32(41)44-20-45-33(31)52)63-13-14-66-72(61,62)70-27-15-30(51-12-11-29(40)48-36(51)55)68-28(27)19-67-71(58,59)60/h5-8,11-12,20-21,23,25-28,30,34,53H,9-10,13-19H2,1-4H3,(H,43,56)(H,47,57)(H,61,62)(H2,40,48,55)(H2,41,44,45)(H2,58,59,60)/t23-,25-,26+,27-,28+,30+,34+/m0/s1. The Morgan fingerprint density at radius 3 is 2.51 bits per heavy atom. The van der Waals surface area contributed by atoms with Crippen molar-refractivity contribution in [1.82, 2.24) is 39.7 Å². The fourth-order valence-electron chi connectivity index (χ4n) is 6.80. The number of rotatable bonds is 27. The molecule has 74 heavy (non-hydrogen) atoms. The number of hydrogen-bond acceptors (Lipinski definition) is 24. The summed E-state index contributed by atoms with van der Waals surface area (Å²) in [6.07, 6.45) is -3.91. The van der Waals surface area contributed by atoms with Gasteiger partial charge in [0.05, 0.1) is 26.1 Å². The molecule has 2 amide bonds. The van der Waals surface area contributed by atoms with Crippen LogP contribution in [0.1, 0.15) is 58.1 Å². The second-order valence-corrected chi connectivity index (χ2v) is 22.0. The van der Waals surface area contributed by atoms with Crippen LogP contribution in [0.15, 0.2) is 59.1 Å². The molecule has 0 saturated carbocycles. The lowest BCUT2D eigenvalue weighted by molar-refractivity contribution is -0.157. The number of nitrogens with one attached hydrogen (secondary N) is 2. The minimum atomic E-state index is -5.09. The summed E-state index contributed by atoms with van der Waals surface area (Å²) in [7, 11) is -7.40. The maximum Gasteiger partial charge on any atom is 0.472 e. The number of hydrogen-bond donors (Lipinski definition) is 8. The van der Waals surface area contributed by atoms with Gasteiger partial charge >= 0.3 is 39.5 Å². The third-order valence-corrected chi connectivity index (χ3v) is 13.8. The quantitative estimate of drug-likeness (QED) is 0.00619. The highest BCUT2D eigenvalue weighted by molar-refractivity contribution is 8.76.